The van der Waals surface area contributed by atoms with Crippen molar-refractivity contribution in [3.8, 4) is 5.88 Å². The third-order valence-corrected chi connectivity index (χ3v) is 6.22. The fraction of sp³-hybridized carbons (Fsp3) is 0.650. The van der Waals surface area contributed by atoms with E-state index in [2.05, 4.69) is 9.88 Å². The Hall–Kier alpha value is -2.19. The lowest BCUT2D eigenvalue weighted by molar-refractivity contribution is -0.135. The minimum atomic E-state index is -0.405. The van der Waals surface area contributed by atoms with Crippen LogP contribution >= 0.6 is 0 Å². The Morgan fingerprint density at radius 3 is 2.79 bits per heavy atom. The summed E-state index contributed by atoms with van der Waals surface area (Å²) < 4.78 is 10.5. The zero-order valence-electron chi connectivity index (χ0n) is 16.4. The Morgan fingerprint density at radius 2 is 2.00 bits per heavy atom. The lowest BCUT2D eigenvalue weighted by atomic mass is 9.85. The van der Waals surface area contributed by atoms with Crippen LogP contribution in [0.3, 0.4) is 0 Å². The number of methoxy groups -OCH3 is 1. The topological polar surface area (TPSA) is 75.2 Å². The van der Waals surface area contributed by atoms with Gasteiger partial charge in [0.1, 0.15) is 0 Å². The Bertz CT molecular complexity index is 737. The van der Waals surface area contributed by atoms with Crippen LogP contribution in [0, 0.1) is 5.41 Å². The maximum absolute atomic E-state index is 13.1. The molecule has 1 atom stereocenters. The molecule has 8 nitrogen and oxygen atoms in total. The van der Waals surface area contributed by atoms with Crippen molar-refractivity contribution in [3.63, 3.8) is 0 Å². The first-order valence-corrected chi connectivity index (χ1v) is 10.0. The molecule has 4 rings (SSSR count). The van der Waals surface area contributed by atoms with E-state index in [0.29, 0.717) is 24.5 Å². The molecule has 3 saturated heterocycles. The molecule has 3 aliphatic rings. The highest BCUT2D eigenvalue weighted by atomic mass is 16.5. The molecule has 4 heterocycles. The number of hydrogen-bond donors (Lipinski definition) is 0. The molecule has 1 spiro atoms. The number of nitrogens with zero attached hydrogens (tertiary/aromatic N) is 4. The highest BCUT2D eigenvalue weighted by Gasteiger charge is 2.51. The normalized spacial score (nSPS) is 25.7. The predicted octanol–water partition coefficient (Wildman–Crippen LogP) is 0.487. The first kappa shape index (κ1) is 19.1. The van der Waals surface area contributed by atoms with Crippen molar-refractivity contribution in [3.05, 3.63) is 23.9 Å². The van der Waals surface area contributed by atoms with Crippen LogP contribution in [-0.4, -0.2) is 97.6 Å². The number of morpholine rings is 1. The fourth-order valence-corrected chi connectivity index (χ4v) is 4.45. The largest absolute Gasteiger partial charge is 0.481 e. The lowest BCUT2D eigenvalue weighted by Gasteiger charge is -2.29. The van der Waals surface area contributed by atoms with Crippen molar-refractivity contribution in [2.45, 2.75) is 12.8 Å². The van der Waals surface area contributed by atoms with Crippen molar-refractivity contribution in [2.24, 2.45) is 5.41 Å². The van der Waals surface area contributed by atoms with Crippen LogP contribution in [0.15, 0.2) is 18.3 Å². The van der Waals surface area contributed by atoms with E-state index in [1.165, 1.54) is 7.11 Å². The maximum atomic E-state index is 13.1. The van der Waals surface area contributed by atoms with Gasteiger partial charge in [0.05, 0.1) is 25.7 Å². The van der Waals surface area contributed by atoms with Crippen LogP contribution in [-0.2, 0) is 9.53 Å². The van der Waals surface area contributed by atoms with Crippen LogP contribution < -0.4 is 4.74 Å². The Balaban J connectivity index is 1.35. The Labute approximate surface area is 165 Å². The van der Waals surface area contributed by atoms with E-state index < -0.39 is 5.41 Å². The van der Waals surface area contributed by atoms with Gasteiger partial charge in [0.15, 0.2) is 0 Å². The number of ether oxygens (including phenoxy) is 2. The summed E-state index contributed by atoms with van der Waals surface area (Å²) in [4.78, 5) is 36.2. The minimum absolute atomic E-state index is 0.0582. The van der Waals surface area contributed by atoms with Gasteiger partial charge in [-0.1, -0.05) is 0 Å². The summed E-state index contributed by atoms with van der Waals surface area (Å²) in [5.41, 5.74) is 0.149. The molecular weight excluding hydrogens is 360 g/mol. The van der Waals surface area contributed by atoms with Crippen molar-refractivity contribution in [1.82, 2.24) is 19.7 Å². The van der Waals surface area contributed by atoms with E-state index in [1.54, 1.807) is 23.2 Å². The number of carbonyl (C=O) groups is 2. The second kappa shape index (κ2) is 8.05. The van der Waals surface area contributed by atoms with Crippen LogP contribution in [0.4, 0.5) is 0 Å². The molecule has 8 heteroatoms. The van der Waals surface area contributed by atoms with Crippen molar-refractivity contribution in [2.75, 3.05) is 66.1 Å². The summed E-state index contributed by atoms with van der Waals surface area (Å²) in [6, 6.07) is 3.35. The molecule has 0 radical (unpaired) electrons. The molecule has 3 fully saturated rings. The first-order chi connectivity index (χ1) is 13.6. The van der Waals surface area contributed by atoms with E-state index in [1.807, 2.05) is 4.90 Å². The highest BCUT2D eigenvalue weighted by Crippen LogP contribution is 2.41. The molecule has 0 aliphatic carbocycles. The van der Waals surface area contributed by atoms with Crippen LogP contribution in [0.5, 0.6) is 5.88 Å². The van der Waals surface area contributed by atoms with Crippen molar-refractivity contribution in [1.29, 1.82) is 0 Å². The second-order valence-corrected chi connectivity index (χ2v) is 7.84. The molecular formula is C20H28N4O4. The Morgan fingerprint density at radius 1 is 1.21 bits per heavy atom. The van der Waals surface area contributed by atoms with E-state index in [-0.39, 0.29) is 11.8 Å². The summed E-state index contributed by atoms with van der Waals surface area (Å²) in [6.07, 6.45) is 3.15. The van der Waals surface area contributed by atoms with Gasteiger partial charge in [0.2, 0.25) is 11.8 Å². The molecule has 3 aliphatic heterocycles. The monoisotopic (exact) mass is 388 g/mol. The van der Waals surface area contributed by atoms with Crippen LogP contribution in [0.2, 0.25) is 0 Å². The van der Waals surface area contributed by atoms with Gasteiger partial charge in [-0.2, -0.15) is 0 Å². The number of hydrogen-bond acceptors (Lipinski definition) is 6. The first-order valence-electron chi connectivity index (χ1n) is 10.0. The molecule has 0 aromatic carbocycles. The maximum Gasteiger partial charge on any atom is 0.254 e. The lowest BCUT2D eigenvalue weighted by Crippen LogP contribution is -2.43. The molecule has 0 saturated carbocycles. The third-order valence-electron chi connectivity index (χ3n) is 6.22. The van der Waals surface area contributed by atoms with Gasteiger partial charge >= 0.3 is 0 Å². The summed E-state index contributed by atoms with van der Waals surface area (Å²) in [6.45, 7) is 6.98. The van der Waals surface area contributed by atoms with Gasteiger partial charge in [-0.15, -0.1) is 0 Å². The van der Waals surface area contributed by atoms with Crippen LogP contribution in [0.1, 0.15) is 23.2 Å². The van der Waals surface area contributed by atoms with Crippen molar-refractivity contribution >= 4 is 11.8 Å². The average Bonchev–Trinajstić information content (AvgIpc) is 3.31. The highest BCUT2D eigenvalue weighted by molar-refractivity contribution is 5.96. The number of pyridine rings is 1. The average molecular weight is 388 g/mol. The summed E-state index contributed by atoms with van der Waals surface area (Å²) in [7, 11) is 1.53. The van der Waals surface area contributed by atoms with Gasteiger partial charge in [-0.25, -0.2) is 4.98 Å². The molecule has 0 N–H and O–H groups in total. The van der Waals surface area contributed by atoms with Crippen molar-refractivity contribution < 1.29 is 19.1 Å². The number of carbonyl (C=O) groups excluding carboxylic acids is 2. The molecule has 2 amide bonds. The van der Waals surface area contributed by atoms with Gasteiger partial charge in [-0.05, 0) is 18.9 Å². The van der Waals surface area contributed by atoms with Gasteiger partial charge < -0.3 is 19.3 Å². The number of aromatic nitrogens is 1. The molecule has 1 aromatic rings. The standard InChI is InChI=1S/C20H28N4O4/c1-27-17-14-16(2-5-21-17)18(25)24-7-4-20(15-24)3-6-23(19(20)26)9-8-22-10-12-28-13-11-22/h2,5,14H,3-4,6-13,15H2,1H3. The van der Waals surface area contributed by atoms with E-state index in [9.17, 15) is 9.59 Å². The van der Waals surface area contributed by atoms with Crippen LogP contribution in [0.25, 0.3) is 0 Å². The zero-order chi connectivity index (χ0) is 19.6. The fourth-order valence-electron chi connectivity index (χ4n) is 4.45. The predicted molar refractivity (Wildman–Crippen MR) is 102 cm³/mol. The van der Waals surface area contributed by atoms with E-state index in [0.717, 1.165) is 58.8 Å². The number of likely N-dealkylation sites (tertiary alicyclic amines) is 2. The number of amides is 2. The smallest absolute Gasteiger partial charge is 0.254 e. The third kappa shape index (κ3) is 3.71. The van der Waals surface area contributed by atoms with Gasteiger partial charge in [0.25, 0.3) is 5.91 Å². The van der Waals surface area contributed by atoms with Gasteiger partial charge in [-0.3, -0.25) is 14.5 Å². The molecule has 0 bridgehead atoms. The minimum Gasteiger partial charge on any atom is -0.481 e. The van der Waals surface area contributed by atoms with E-state index in [4.69, 9.17) is 9.47 Å². The second-order valence-electron chi connectivity index (χ2n) is 7.84. The zero-order valence-corrected chi connectivity index (χ0v) is 16.4. The molecule has 28 heavy (non-hydrogen) atoms. The van der Waals surface area contributed by atoms with E-state index >= 15 is 0 Å². The summed E-state index contributed by atoms with van der Waals surface area (Å²) in [5.74, 6) is 0.575. The molecule has 1 aromatic heterocycles. The SMILES string of the molecule is COc1cc(C(=O)N2CCC3(CCN(CCN4CCOCC4)C3=O)C2)ccn1. The summed E-state index contributed by atoms with van der Waals surface area (Å²) >= 11 is 0. The summed E-state index contributed by atoms with van der Waals surface area (Å²) in [5, 5.41) is 0. The molecule has 1 unspecified atom stereocenters. The van der Waals surface area contributed by atoms with Gasteiger partial charge in [0, 0.05) is 63.6 Å². The Kier molecular flexibility index (Phi) is 5.50. The number of rotatable bonds is 5. The quantitative estimate of drug-likeness (QED) is 0.731. The molecule has 152 valence electrons.